The van der Waals surface area contributed by atoms with Crippen LogP contribution in [0.15, 0.2) is 70.6 Å². The molecule has 188 valence electrons. The Balaban J connectivity index is 1.40. The van der Waals surface area contributed by atoms with Crippen molar-refractivity contribution < 1.29 is 4.79 Å². The highest BCUT2D eigenvalue weighted by atomic mass is 32.2. The van der Waals surface area contributed by atoms with E-state index in [2.05, 4.69) is 22.2 Å². The molecule has 1 fully saturated rings. The van der Waals surface area contributed by atoms with E-state index in [1.54, 1.807) is 24.2 Å². The summed E-state index contributed by atoms with van der Waals surface area (Å²) in [4.78, 5) is 40.3. The molecule has 1 aromatic carbocycles. The fourth-order valence-corrected chi connectivity index (χ4v) is 7.08. The Kier molecular flexibility index (Phi) is 6.67. The highest BCUT2D eigenvalue weighted by molar-refractivity contribution is 7.98. The lowest BCUT2D eigenvalue weighted by Crippen LogP contribution is -2.34. The molecule has 1 amide bonds. The first-order chi connectivity index (χ1) is 18.1. The minimum atomic E-state index is -0.317. The summed E-state index contributed by atoms with van der Waals surface area (Å²) in [6, 6.07) is 16.1. The average molecular weight is 530 g/mol. The number of rotatable bonds is 7. The largest absolute Gasteiger partial charge is 0.352 e. The number of carbonyl (C=O) groups excluding carboxylic acids is 1. The van der Waals surface area contributed by atoms with Crippen molar-refractivity contribution in [1.82, 2.24) is 24.6 Å². The third kappa shape index (κ3) is 4.63. The van der Waals surface area contributed by atoms with Gasteiger partial charge in [-0.25, -0.2) is 4.98 Å². The third-order valence-electron chi connectivity index (χ3n) is 7.03. The van der Waals surface area contributed by atoms with E-state index in [1.807, 2.05) is 52.9 Å². The van der Waals surface area contributed by atoms with Crippen LogP contribution in [0.1, 0.15) is 35.3 Å². The van der Waals surface area contributed by atoms with Gasteiger partial charge >= 0.3 is 0 Å². The zero-order chi connectivity index (χ0) is 25.4. The average Bonchev–Trinajstić information content (AvgIpc) is 3.51. The Morgan fingerprint density at radius 3 is 2.86 bits per heavy atom. The summed E-state index contributed by atoms with van der Waals surface area (Å²) >= 11 is 3.03. The molecule has 1 N–H and O–H groups in total. The minimum absolute atomic E-state index is 0.196. The van der Waals surface area contributed by atoms with Gasteiger partial charge in [-0.2, -0.15) is 0 Å². The Hall–Kier alpha value is -3.27. The van der Waals surface area contributed by atoms with Crippen molar-refractivity contribution in [3.8, 4) is 0 Å². The molecule has 1 unspecified atom stereocenters. The van der Waals surface area contributed by atoms with Gasteiger partial charge in [-0.1, -0.05) is 18.2 Å². The van der Waals surface area contributed by atoms with Crippen molar-refractivity contribution in [2.24, 2.45) is 0 Å². The number of likely N-dealkylation sites (tertiary alicyclic amines) is 1. The summed E-state index contributed by atoms with van der Waals surface area (Å²) < 4.78 is 2.97. The smallest absolute Gasteiger partial charge is 0.258 e. The molecule has 9 heteroatoms. The maximum atomic E-state index is 13.8. The molecule has 37 heavy (non-hydrogen) atoms. The molecule has 0 bridgehead atoms. The molecule has 6 rings (SSSR count). The topological polar surface area (TPSA) is 79.6 Å². The normalized spacial score (nSPS) is 16.2. The molecule has 0 radical (unpaired) electrons. The Morgan fingerprint density at radius 2 is 2.05 bits per heavy atom. The third-order valence-corrected chi connectivity index (χ3v) is 9.17. The summed E-state index contributed by atoms with van der Waals surface area (Å²) in [6.07, 6.45) is 6.79. The first-order valence-electron chi connectivity index (χ1n) is 12.5. The number of hydrogen-bond donors (Lipinski definition) is 1. The predicted molar refractivity (Wildman–Crippen MR) is 151 cm³/mol. The van der Waals surface area contributed by atoms with E-state index in [-0.39, 0.29) is 16.9 Å². The van der Waals surface area contributed by atoms with Gasteiger partial charge in [0.25, 0.3) is 5.91 Å². The van der Waals surface area contributed by atoms with Crippen LogP contribution in [0.4, 0.5) is 0 Å². The van der Waals surface area contributed by atoms with Crippen molar-refractivity contribution in [3.05, 3.63) is 82.4 Å². The van der Waals surface area contributed by atoms with Crippen LogP contribution >= 0.6 is 23.1 Å². The number of thiazole rings is 1. The van der Waals surface area contributed by atoms with Crippen molar-refractivity contribution in [3.63, 3.8) is 0 Å². The number of benzene rings is 1. The Bertz CT molecular complexity index is 1660. The second-order valence-electron chi connectivity index (χ2n) is 9.39. The number of fused-ring (bicyclic) bond motifs is 5. The van der Waals surface area contributed by atoms with Crippen LogP contribution in [0, 0.1) is 0 Å². The van der Waals surface area contributed by atoms with E-state index in [0.29, 0.717) is 34.2 Å². The lowest BCUT2D eigenvalue weighted by molar-refractivity contribution is 0.0951. The standard InChI is InChI=1S/C28H27N5O2S2/c1-32-14-6-8-19(32)11-13-30-27(35)24-25(34)21-15-20(36-17-18-7-4-5-12-29-18)16-31-26(21)33-22-9-2-3-10-23(22)37-28(24)33/h2-5,7,9-10,12,15-16,19H,6,8,11,13-14,17H2,1H3,(H,30,35). The van der Waals surface area contributed by atoms with Gasteiger partial charge in [0.05, 0.1) is 21.3 Å². The van der Waals surface area contributed by atoms with Crippen LogP contribution in [0.2, 0.25) is 0 Å². The molecule has 1 aliphatic heterocycles. The first kappa shape index (κ1) is 24.1. The van der Waals surface area contributed by atoms with Crippen molar-refractivity contribution >= 4 is 55.1 Å². The molecule has 5 heterocycles. The van der Waals surface area contributed by atoms with Gasteiger partial charge in [-0.05, 0) is 63.2 Å². The summed E-state index contributed by atoms with van der Waals surface area (Å²) in [6.45, 7) is 1.64. The van der Waals surface area contributed by atoms with E-state index in [4.69, 9.17) is 4.98 Å². The molecule has 4 aromatic heterocycles. The number of amides is 1. The van der Waals surface area contributed by atoms with E-state index in [0.717, 1.165) is 40.2 Å². The first-order valence-corrected chi connectivity index (χ1v) is 14.3. The molecule has 0 aliphatic carbocycles. The van der Waals surface area contributed by atoms with Gasteiger partial charge in [0.2, 0.25) is 5.43 Å². The number of carbonyl (C=O) groups is 1. The van der Waals surface area contributed by atoms with Crippen molar-refractivity contribution in [1.29, 1.82) is 0 Å². The predicted octanol–water partition coefficient (Wildman–Crippen LogP) is 4.96. The molecule has 1 atom stereocenters. The number of pyridine rings is 3. The maximum Gasteiger partial charge on any atom is 0.258 e. The number of hydrogen-bond acceptors (Lipinski definition) is 7. The lowest BCUT2D eigenvalue weighted by Gasteiger charge is -2.19. The van der Waals surface area contributed by atoms with Gasteiger partial charge in [-0.15, -0.1) is 23.1 Å². The summed E-state index contributed by atoms with van der Waals surface area (Å²) in [5.41, 5.74) is 2.39. The molecule has 1 saturated heterocycles. The fourth-order valence-electron chi connectivity index (χ4n) is 5.08. The SMILES string of the molecule is CN1CCCC1CCNC(=O)c1c(=O)c2cc(SCc3ccccn3)cnc2n2c1sc1ccccc12. The highest BCUT2D eigenvalue weighted by Gasteiger charge is 2.24. The summed E-state index contributed by atoms with van der Waals surface area (Å²) in [7, 11) is 2.13. The number of para-hydroxylation sites is 1. The van der Waals surface area contributed by atoms with Crippen LogP contribution in [0.5, 0.6) is 0 Å². The van der Waals surface area contributed by atoms with Gasteiger partial charge in [0, 0.05) is 35.6 Å². The fraction of sp³-hybridized carbons (Fsp3) is 0.286. The molecule has 0 spiro atoms. The second kappa shape index (κ2) is 10.2. The van der Waals surface area contributed by atoms with E-state index in [9.17, 15) is 9.59 Å². The van der Waals surface area contributed by atoms with Crippen LogP contribution in [0.3, 0.4) is 0 Å². The van der Waals surface area contributed by atoms with Gasteiger partial charge < -0.3 is 10.2 Å². The molecule has 5 aromatic rings. The lowest BCUT2D eigenvalue weighted by atomic mass is 10.1. The van der Waals surface area contributed by atoms with Crippen LogP contribution in [-0.2, 0) is 5.75 Å². The maximum absolute atomic E-state index is 13.8. The van der Waals surface area contributed by atoms with Crippen molar-refractivity contribution in [2.75, 3.05) is 20.1 Å². The van der Waals surface area contributed by atoms with E-state index < -0.39 is 0 Å². The zero-order valence-corrected chi connectivity index (χ0v) is 22.1. The number of thioether (sulfide) groups is 1. The summed E-state index contributed by atoms with van der Waals surface area (Å²) in [5.74, 6) is 0.352. The van der Waals surface area contributed by atoms with Crippen LogP contribution in [0.25, 0.3) is 26.1 Å². The highest BCUT2D eigenvalue weighted by Crippen LogP contribution is 2.32. The molecule has 7 nitrogen and oxygen atoms in total. The number of aromatic nitrogens is 3. The zero-order valence-electron chi connectivity index (χ0n) is 20.5. The molecule has 1 aliphatic rings. The molecule has 0 saturated carbocycles. The Morgan fingerprint density at radius 1 is 1.19 bits per heavy atom. The van der Waals surface area contributed by atoms with Crippen molar-refractivity contribution in [2.45, 2.75) is 36.0 Å². The second-order valence-corrected chi connectivity index (χ2v) is 11.5. The van der Waals surface area contributed by atoms with Gasteiger partial charge in [0.1, 0.15) is 16.0 Å². The van der Waals surface area contributed by atoms with E-state index in [1.165, 1.54) is 17.8 Å². The quantitative estimate of drug-likeness (QED) is 0.300. The van der Waals surface area contributed by atoms with Gasteiger partial charge in [-0.3, -0.25) is 19.0 Å². The number of nitrogens with zero attached hydrogens (tertiary/aromatic N) is 4. The Labute approximate surface area is 222 Å². The molecular formula is C28H27N5O2S2. The van der Waals surface area contributed by atoms with Crippen LogP contribution < -0.4 is 10.7 Å². The number of nitrogens with one attached hydrogen (secondary N) is 1. The summed E-state index contributed by atoms with van der Waals surface area (Å²) in [5, 5.41) is 3.50. The molecular weight excluding hydrogens is 502 g/mol. The van der Waals surface area contributed by atoms with Crippen LogP contribution in [-0.4, -0.2) is 51.4 Å². The van der Waals surface area contributed by atoms with E-state index >= 15 is 0 Å². The van der Waals surface area contributed by atoms with Gasteiger partial charge in [0.15, 0.2) is 0 Å². The monoisotopic (exact) mass is 529 g/mol. The minimum Gasteiger partial charge on any atom is -0.352 e.